The molecule has 0 aliphatic carbocycles. The number of hydrogen-bond acceptors (Lipinski definition) is 24. The van der Waals surface area contributed by atoms with Gasteiger partial charge in [-0.25, -0.2) is 9.59 Å². The number of aliphatic hydroxyl groups is 1. The zero-order chi connectivity index (χ0) is 84.0. The summed E-state index contributed by atoms with van der Waals surface area (Å²) in [5.41, 5.74) is 18.8. The van der Waals surface area contributed by atoms with Crippen molar-refractivity contribution in [2.45, 2.75) is 138 Å². The number of imide groups is 1. The highest BCUT2D eigenvalue weighted by atomic mass is 35.5. The summed E-state index contributed by atoms with van der Waals surface area (Å²) in [5.74, 6) is -15.8. The SMILES string of the molecule is CC(O)C1NC(=O)C(CCCCN)NC(=O)C(Cc2ccc(NC(N)=O)cc2)NC(=O)C(Cc2ccc(NC(=O)C3CC(=O)NC(=O)N3)cc2)NC(=O)C(NC(=O)C(Cc2ccc(Cl)cc2)NC(=O)CCC(C(=O)O)N2CCN(CC(=O)O)CCN(CC(=O)O)CC2)CSSCC(C(=O)NC(Cc2ccc(O)cc2)C(N)=O)NC1=O. The number of rotatable bonds is 31. The molecule has 622 valence electrons. The number of halogens is 1. The number of carboxylic acids is 3. The lowest BCUT2D eigenvalue weighted by atomic mass is 10.0. The molecule has 0 aromatic heterocycles. The predicted octanol–water partition coefficient (Wildman–Crippen LogP) is -3.07. The fourth-order valence-corrected chi connectivity index (χ4v) is 14.9. The van der Waals surface area contributed by atoms with E-state index in [1.54, 1.807) is 0 Å². The molecule has 0 bridgehead atoms. The zero-order valence-electron chi connectivity index (χ0n) is 62.5. The molecule has 23 N–H and O–H groups in total. The molecule has 42 heteroatoms. The summed E-state index contributed by atoms with van der Waals surface area (Å²) in [6.45, 7) is 0.737. The Balaban J connectivity index is 1.30. The van der Waals surface area contributed by atoms with Crippen LogP contribution in [0, 0.1) is 0 Å². The highest BCUT2D eigenvalue weighted by Crippen LogP contribution is 2.25. The van der Waals surface area contributed by atoms with Crippen molar-refractivity contribution >= 4 is 140 Å². The Morgan fingerprint density at radius 3 is 1.62 bits per heavy atom. The molecule has 0 spiro atoms. The Morgan fingerprint density at radius 2 is 1.09 bits per heavy atom. The number of aromatic hydroxyl groups is 1. The minimum atomic E-state index is -1.89. The lowest BCUT2D eigenvalue weighted by molar-refractivity contribution is -0.145. The second-order valence-electron chi connectivity index (χ2n) is 27.5. The summed E-state index contributed by atoms with van der Waals surface area (Å²) >= 11 is 6.28. The average molecular weight is 1660 g/mol. The van der Waals surface area contributed by atoms with Gasteiger partial charge in [0, 0.05) is 99.3 Å². The van der Waals surface area contributed by atoms with E-state index in [9.17, 15) is 83.1 Å². The molecular weight excluding hydrogens is 1560 g/mol. The third kappa shape index (κ3) is 30.6. The number of benzene rings is 4. The van der Waals surface area contributed by atoms with Crippen LogP contribution in [-0.4, -0.2) is 272 Å². The number of nitrogens with one attached hydrogen (secondary N) is 12. The molecule has 7 rings (SSSR count). The molecule has 11 atom stereocenters. The third-order valence-corrected chi connectivity index (χ3v) is 21.3. The van der Waals surface area contributed by atoms with Gasteiger partial charge in [-0.2, -0.15) is 0 Å². The smallest absolute Gasteiger partial charge is 0.322 e. The first-order valence-electron chi connectivity index (χ1n) is 36.6. The van der Waals surface area contributed by atoms with Gasteiger partial charge in [0.05, 0.1) is 25.6 Å². The first-order valence-corrected chi connectivity index (χ1v) is 39.4. The Hall–Kier alpha value is -11.2. The van der Waals surface area contributed by atoms with Crippen LogP contribution in [0.2, 0.25) is 5.02 Å². The van der Waals surface area contributed by atoms with E-state index in [4.69, 9.17) is 28.8 Å². The Kier molecular flexibility index (Phi) is 35.6. The van der Waals surface area contributed by atoms with E-state index in [1.165, 1.54) is 112 Å². The largest absolute Gasteiger partial charge is 0.508 e. The summed E-state index contributed by atoms with van der Waals surface area (Å²) in [6.07, 6.45) is -4.18. The van der Waals surface area contributed by atoms with Crippen LogP contribution >= 0.6 is 33.2 Å². The van der Waals surface area contributed by atoms with Crippen molar-refractivity contribution in [3.63, 3.8) is 0 Å². The summed E-state index contributed by atoms with van der Waals surface area (Å²) < 4.78 is 0. The number of unbranched alkanes of at least 4 members (excludes halogenated alkanes) is 1. The van der Waals surface area contributed by atoms with E-state index in [2.05, 4.69) is 58.5 Å². The van der Waals surface area contributed by atoms with Crippen LogP contribution < -0.4 is 81.0 Å². The summed E-state index contributed by atoms with van der Waals surface area (Å²) in [4.78, 5) is 224. The monoisotopic (exact) mass is 1660 g/mol. The molecule has 11 unspecified atom stereocenters. The first-order chi connectivity index (χ1) is 54.7. The number of carbonyl (C=O) groups excluding carboxylic acids is 13. The second kappa shape index (κ2) is 45.0. The molecule has 15 amide bonds. The van der Waals surface area contributed by atoms with Gasteiger partial charge < -0.3 is 101 Å². The third-order valence-electron chi connectivity index (χ3n) is 18.6. The Labute approximate surface area is 672 Å². The highest BCUT2D eigenvalue weighted by molar-refractivity contribution is 8.76. The van der Waals surface area contributed by atoms with Crippen molar-refractivity contribution in [3.05, 3.63) is 124 Å². The van der Waals surface area contributed by atoms with Gasteiger partial charge in [-0.15, -0.1) is 0 Å². The molecular formula is C73H95ClN18O21S2. The summed E-state index contributed by atoms with van der Waals surface area (Å²) in [5, 5.41) is 81.8. The summed E-state index contributed by atoms with van der Waals surface area (Å²) in [6, 6.07) is 5.07. The fourth-order valence-electron chi connectivity index (χ4n) is 12.4. The molecule has 4 aromatic rings. The topological polar surface area (TPSA) is 606 Å². The van der Waals surface area contributed by atoms with Gasteiger partial charge in [0.15, 0.2) is 0 Å². The van der Waals surface area contributed by atoms with Crippen molar-refractivity contribution in [2.75, 3.05) is 81.0 Å². The number of primary amides is 2. The highest BCUT2D eigenvalue weighted by Gasteiger charge is 2.39. The number of carboxylic acid groups (broad SMARTS) is 3. The van der Waals surface area contributed by atoms with Gasteiger partial charge in [0.2, 0.25) is 65.0 Å². The van der Waals surface area contributed by atoms with Crippen LogP contribution in [-0.2, 0) is 92.8 Å². The molecule has 4 aromatic carbocycles. The van der Waals surface area contributed by atoms with Gasteiger partial charge in [-0.1, -0.05) is 81.7 Å². The molecule has 3 aliphatic heterocycles. The van der Waals surface area contributed by atoms with Crippen molar-refractivity contribution in [3.8, 4) is 5.75 Å². The second-order valence-corrected chi connectivity index (χ2v) is 30.5. The zero-order valence-corrected chi connectivity index (χ0v) is 64.9. The first kappa shape index (κ1) is 91.0. The maximum Gasteiger partial charge on any atom is 0.322 e. The maximum absolute atomic E-state index is 15.6. The van der Waals surface area contributed by atoms with E-state index >= 15 is 19.2 Å². The van der Waals surface area contributed by atoms with Crippen LogP contribution in [0.4, 0.5) is 21.0 Å². The molecule has 3 saturated heterocycles. The number of nitrogens with two attached hydrogens (primary N) is 3. The van der Waals surface area contributed by atoms with E-state index in [0.717, 1.165) is 28.5 Å². The number of aliphatic hydroxyl groups excluding tert-OH is 1. The lowest BCUT2D eigenvalue weighted by Gasteiger charge is -2.30. The van der Waals surface area contributed by atoms with E-state index < -0.39 is 212 Å². The predicted molar refractivity (Wildman–Crippen MR) is 419 cm³/mol. The number of anilines is 2. The molecule has 0 saturated carbocycles. The minimum absolute atomic E-state index is 0.0158. The number of phenolic OH excluding ortho intramolecular Hbond substituents is 1. The van der Waals surface area contributed by atoms with Crippen molar-refractivity contribution in [1.82, 2.24) is 67.9 Å². The van der Waals surface area contributed by atoms with E-state index in [-0.39, 0.29) is 106 Å². The van der Waals surface area contributed by atoms with Gasteiger partial charge in [0.25, 0.3) is 0 Å². The van der Waals surface area contributed by atoms with Crippen LogP contribution in [0.1, 0.15) is 67.7 Å². The molecule has 3 aliphatic rings. The summed E-state index contributed by atoms with van der Waals surface area (Å²) in [7, 11) is 1.61. The number of aliphatic carboxylic acids is 3. The Morgan fingerprint density at radius 1 is 0.574 bits per heavy atom. The lowest BCUT2D eigenvalue weighted by Crippen LogP contribution is -2.62. The quantitative estimate of drug-likeness (QED) is 0.0176. The number of nitrogens with zero attached hydrogens (tertiary/aromatic N) is 3. The fraction of sp³-hybridized carbons (Fsp3) is 0.452. The molecule has 3 heterocycles. The van der Waals surface area contributed by atoms with Gasteiger partial charge in [-0.05, 0) is 110 Å². The number of hydrogen-bond donors (Lipinski definition) is 20. The van der Waals surface area contributed by atoms with Gasteiger partial charge >= 0.3 is 30.0 Å². The van der Waals surface area contributed by atoms with Gasteiger partial charge in [0.1, 0.15) is 66.2 Å². The van der Waals surface area contributed by atoms with Gasteiger partial charge in [-0.3, -0.25) is 87.1 Å². The van der Waals surface area contributed by atoms with Crippen LogP contribution in [0.3, 0.4) is 0 Å². The molecule has 0 radical (unpaired) electrons. The number of amides is 15. The maximum atomic E-state index is 15.6. The minimum Gasteiger partial charge on any atom is -0.508 e. The van der Waals surface area contributed by atoms with E-state index in [0.29, 0.717) is 23.1 Å². The van der Waals surface area contributed by atoms with Crippen LogP contribution in [0.25, 0.3) is 0 Å². The van der Waals surface area contributed by atoms with Crippen molar-refractivity contribution in [1.29, 1.82) is 0 Å². The van der Waals surface area contributed by atoms with Crippen LogP contribution in [0.5, 0.6) is 5.75 Å². The van der Waals surface area contributed by atoms with E-state index in [1.807, 2.05) is 5.32 Å². The normalized spacial score (nSPS) is 21.2. The van der Waals surface area contributed by atoms with Crippen molar-refractivity contribution < 1.29 is 102 Å². The number of urea groups is 2. The number of carbonyl (C=O) groups is 16. The molecule has 39 nitrogen and oxygen atoms in total. The van der Waals surface area contributed by atoms with Crippen LogP contribution in [0.15, 0.2) is 97.1 Å². The average Bonchev–Trinajstić information content (AvgIpc) is 1.75. The van der Waals surface area contributed by atoms with Crippen molar-refractivity contribution in [2.24, 2.45) is 17.2 Å². The molecule has 115 heavy (non-hydrogen) atoms. The standard InChI is InChI=1S/C73H95ClN18O21S2/c1-39(93)61-70(109)86-55(68(107)82-49(62(76)101)30-43-11-19-47(94)20-12-43)38-115-114-37-54(85-65(104)50(31-40-5-13-44(74)14-6-40)80-57(95)22-21-56(71(110)111)92-28-26-90(35-59(97)98)24-25-91(27-29-92)36-60(99)100)69(108)84-52(33-41-7-15-45(16-8-41)78-64(103)53-34-58(96)88-73(113)87-53)67(106)83-51(32-42-9-17-46(18-10-42)79-72(77)112)66(105)81-48(63(102)89-61)4-2-3-23-75/h5-20,39,48-56,61,93-94H,2-4,21-38,75H2,1H3,(H2,76,101)(H,78,103)(H,80,95)(H,81,105)(H,82,107)(H,83,106)(H,84,108)(H,85,104)(H,86,109)(H,89,102)(H,97,98)(H,99,100)(H,110,111)(H3,77,79,112)(H2,87,88,96,113). The number of phenols is 1. The molecule has 3 fully saturated rings. The Bertz CT molecular complexity index is 4090.